The molecule has 1 aromatic heterocycles. The van der Waals surface area contributed by atoms with Crippen molar-refractivity contribution >= 4 is 11.8 Å². The van der Waals surface area contributed by atoms with Crippen molar-refractivity contribution in [1.29, 1.82) is 0 Å². The third-order valence-electron chi connectivity index (χ3n) is 6.09. The Morgan fingerprint density at radius 2 is 1.63 bits per heavy atom. The number of carbonyl (C=O) groups excluding carboxylic acids is 2. The Balaban J connectivity index is 1.78. The molecule has 0 radical (unpaired) electrons. The molecule has 1 heterocycles. The van der Waals surface area contributed by atoms with E-state index in [0.717, 1.165) is 24.3 Å². The predicted molar refractivity (Wildman–Crippen MR) is 135 cm³/mol. The Bertz CT molecular complexity index is 1440. The molecule has 2 atom stereocenters. The molecule has 2 amide bonds. The Labute approximate surface area is 217 Å². The number of carbonyl (C=O) groups is 2. The first-order valence-electron chi connectivity index (χ1n) is 11.7. The van der Waals surface area contributed by atoms with E-state index in [1.165, 1.54) is 18.3 Å². The second-order valence-electron chi connectivity index (χ2n) is 8.68. The molecular weight excluding hydrogens is 495 g/mol. The van der Waals surface area contributed by atoms with Crippen LogP contribution >= 0.6 is 0 Å². The van der Waals surface area contributed by atoms with Crippen molar-refractivity contribution in [2.24, 2.45) is 5.73 Å². The van der Waals surface area contributed by atoms with Crippen LogP contribution in [0.25, 0.3) is 11.1 Å². The summed E-state index contributed by atoms with van der Waals surface area (Å²) in [6, 6.07) is 17.9. The molecule has 0 aliphatic heterocycles. The molecule has 6 nitrogen and oxygen atoms in total. The average Bonchev–Trinajstić information content (AvgIpc) is 2.89. The summed E-state index contributed by atoms with van der Waals surface area (Å²) in [5.74, 6) is -4.76. The van der Waals surface area contributed by atoms with E-state index in [2.05, 4.69) is 10.3 Å². The van der Waals surface area contributed by atoms with Gasteiger partial charge in [0, 0.05) is 17.8 Å². The van der Waals surface area contributed by atoms with Gasteiger partial charge in [0.2, 0.25) is 5.91 Å². The maximum atomic E-state index is 14.2. The molecular formula is C29H24F3N3O3. The SMILES string of the molecule is NC(=O)c1cc(-c2cccnc2C(Cc2cc(F)cc(F)c2)NC(=O)[C@H](CO)c2ccccc2)ccc1F. The number of rotatable bonds is 9. The van der Waals surface area contributed by atoms with Gasteiger partial charge in [-0.1, -0.05) is 42.5 Å². The van der Waals surface area contributed by atoms with E-state index in [-0.39, 0.29) is 17.5 Å². The largest absolute Gasteiger partial charge is 0.395 e. The standard InChI is InChI=1S/C29H24F3N3O3/c30-20-11-17(12-21(31)15-20)13-26(35-29(38)24(16-36)18-5-2-1-3-6-18)27-22(7-4-10-34-27)19-8-9-25(32)23(14-19)28(33)37/h1-12,14-15,24,26,36H,13,16H2,(H2,33,37)(H,35,38)/t24-,26?/m1/s1. The molecule has 4 rings (SSSR count). The molecule has 0 bridgehead atoms. The lowest BCUT2D eigenvalue weighted by Gasteiger charge is -2.24. The van der Waals surface area contributed by atoms with Crippen LogP contribution in [0.4, 0.5) is 13.2 Å². The number of hydrogen-bond donors (Lipinski definition) is 3. The number of benzene rings is 3. The summed E-state index contributed by atoms with van der Waals surface area (Å²) in [6.45, 7) is -0.480. The first kappa shape index (κ1) is 26.6. The highest BCUT2D eigenvalue weighted by Crippen LogP contribution is 2.31. The molecule has 38 heavy (non-hydrogen) atoms. The van der Waals surface area contributed by atoms with Gasteiger partial charge in [0.25, 0.3) is 5.91 Å². The van der Waals surface area contributed by atoms with Crippen LogP contribution < -0.4 is 11.1 Å². The minimum Gasteiger partial charge on any atom is -0.395 e. The van der Waals surface area contributed by atoms with E-state index in [1.54, 1.807) is 42.5 Å². The Morgan fingerprint density at radius 1 is 0.921 bits per heavy atom. The fourth-order valence-corrected chi connectivity index (χ4v) is 4.30. The first-order chi connectivity index (χ1) is 18.3. The van der Waals surface area contributed by atoms with E-state index in [4.69, 9.17) is 5.73 Å². The van der Waals surface area contributed by atoms with Crippen LogP contribution in [0, 0.1) is 17.5 Å². The van der Waals surface area contributed by atoms with Gasteiger partial charge in [-0.3, -0.25) is 14.6 Å². The third-order valence-corrected chi connectivity index (χ3v) is 6.09. The number of primary amides is 1. The number of pyridine rings is 1. The normalized spacial score (nSPS) is 12.5. The number of aliphatic hydroxyl groups is 1. The number of hydrogen-bond acceptors (Lipinski definition) is 4. The van der Waals surface area contributed by atoms with Crippen molar-refractivity contribution < 1.29 is 27.9 Å². The van der Waals surface area contributed by atoms with E-state index in [0.29, 0.717) is 22.4 Å². The Kier molecular flexibility index (Phi) is 8.18. The molecule has 0 saturated carbocycles. The van der Waals surface area contributed by atoms with Gasteiger partial charge in [-0.05, 0) is 53.4 Å². The second-order valence-corrected chi connectivity index (χ2v) is 8.68. The third kappa shape index (κ3) is 6.07. The minimum atomic E-state index is -0.955. The highest BCUT2D eigenvalue weighted by Gasteiger charge is 2.26. The Morgan fingerprint density at radius 3 is 2.29 bits per heavy atom. The fraction of sp³-hybridized carbons (Fsp3) is 0.138. The van der Waals surface area contributed by atoms with Crippen molar-refractivity contribution in [2.45, 2.75) is 18.4 Å². The number of aliphatic hydroxyl groups excluding tert-OH is 1. The van der Waals surface area contributed by atoms with Gasteiger partial charge >= 0.3 is 0 Å². The van der Waals surface area contributed by atoms with E-state index in [1.807, 2.05) is 0 Å². The number of nitrogens with two attached hydrogens (primary N) is 1. The number of aromatic nitrogens is 1. The summed E-state index contributed by atoms with van der Waals surface area (Å²) in [4.78, 5) is 29.5. The van der Waals surface area contributed by atoms with Crippen LogP contribution in [0.1, 0.15) is 39.1 Å². The summed E-state index contributed by atoms with van der Waals surface area (Å²) in [5, 5.41) is 12.8. The Hall–Kier alpha value is -4.50. The molecule has 0 fully saturated rings. The number of nitrogens with one attached hydrogen (secondary N) is 1. The zero-order valence-electron chi connectivity index (χ0n) is 20.1. The summed E-state index contributed by atoms with van der Waals surface area (Å²) in [7, 11) is 0. The summed E-state index contributed by atoms with van der Waals surface area (Å²) >= 11 is 0. The van der Waals surface area contributed by atoms with E-state index >= 15 is 0 Å². The van der Waals surface area contributed by atoms with Crippen LogP contribution in [0.5, 0.6) is 0 Å². The molecule has 4 aromatic rings. The van der Waals surface area contributed by atoms with Gasteiger partial charge in [0.1, 0.15) is 17.5 Å². The van der Waals surface area contributed by atoms with Gasteiger partial charge in [-0.2, -0.15) is 0 Å². The van der Waals surface area contributed by atoms with Crippen LogP contribution in [-0.4, -0.2) is 28.5 Å². The maximum absolute atomic E-state index is 14.2. The zero-order chi connectivity index (χ0) is 27.2. The van der Waals surface area contributed by atoms with Crippen LogP contribution in [0.15, 0.2) is 85.1 Å². The summed E-state index contributed by atoms with van der Waals surface area (Å²) in [6.07, 6.45) is 1.42. The van der Waals surface area contributed by atoms with Crippen molar-refractivity contribution in [1.82, 2.24) is 10.3 Å². The van der Waals surface area contributed by atoms with Crippen molar-refractivity contribution in [2.75, 3.05) is 6.61 Å². The van der Waals surface area contributed by atoms with E-state index in [9.17, 15) is 27.9 Å². The average molecular weight is 520 g/mol. The lowest BCUT2D eigenvalue weighted by Crippen LogP contribution is -2.36. The molecule has 0 saturated heterocycles. The van der Waals surface area contributed by atoms with Gasteiger partial charge in [0.05, 0.1) is 29.8 Å². The molecule has 1 unspecified atom stereocenters. The number of amides is 2. The highest BCUT2D eigenvalue weighted by molar-refractivity contribution is 5.94. The minimum absolute atomic E-state index is 0.0543. The molecule has 9 heteroatoms. The number of nitrogens with zero attached hydrogens (tertiary/aromatic N) is 1. The molecule has 0 aliphatic carbocycles. The van der Waals surface area contributed by atoms with Gasteiger partial charge in [-0.25, -0.2) is 13.2 Å². The van der Waals surface area contributed by atoms with Gasteiger partial charge in [0.15, 0.2) is 0 Å². The first-order valence-corrected chi connectivity index (χ1v) is 11.7. The van der Waals surface area contributed by atoms with Crippen LogP contribution in [0.2, 0.25) is 0 Å². The fourth-order valence-electron chi connectivity index (χ4n) is 4.30. The van der Waals surface area contributed by atoms with Crippen LogP contribution in [0.3, 0.4) is 0 Å². The molecule has 0 spiro atoms. The van der Waals surface area contributed by atoms with Crippen LogP contribution in [-0.2, 0) is 11.2 Å². The number of halogens is 3. The summed E-state index contributed by atoms with van der Waals surface area (Å²) in [5.41, 5.74) is 6.96. The summed E-state index contributed by atoms with van der Waals surface area (Å²) < 4.78 is 42.1. The molecule has 194 valence electrons. The van der Waals surface area contributed by atoms with Crippen molar-refractivity contribution in [3.05, 3.63) is 125 Å². The predicted octanol–water partition coefficient (Wildman–Crippen LogP) is 4.44. The zero-order valence-corrected chi connectivity index (χ0v) is 20.1. The smallest absolute Gasteiger partial charge is 0.251 e. The molecule has 3 aromatic carbocycles. The van der Waals surface area contributed by atoms with Crippen molar-refractivity contribution in [3.63, 3.8) is 0 Å². The monoisotopic (exact) mass is 519 g/mol. The lowest BCUT2D eigenvalue weighted by atomic mass is 9.93. The molecule has 0 aliphatic rings. The second kappa shape index (κ2) is 11.7. The quantitative estimate of drug-likeness (QED) is 0.304. The molecule has 4 N–H and O–H groups in total. The van der Waals surface area contributed by atoms with Crippen molar-refractivity contribution in [3.8, 4) is 11.1 Å². The maximum Gasteiger partial charge on any atom is 0.251 e. The lowest BCUT2D eigenvalue weighted by molar-refractivity contribution is -0.124. The highest BCUT2D eigenvalue weighted by atomic mass is 19.1. The van der Waals surface area contributed by atoms with Gasteiger partial charge in [-0.15, -0.1) is 0 Å². The topological polar surface area (TPSA) is 105 Å². The van der Waals surface area contributed by atoms with E-state index < -0.39 is 47.8 Å². The van der Waals surface area contributed by atoms with Gasteiger partial charge < -0.3 is 16.2 Å².